The van der Waals surface area contributed by atoms with Crippen LogP contribution in [0.15, 0.2) is 24.3 Å². The summed E-state index contributed by atoms with van der Waals surface area (Å²) in [5.41, 5.74) is 0.424. The molecule has 0 spiro atoms. The maximum Gasteiger partial charge on any atom is 0.314 e. The number of benzene rings is 1. The number of ether oxygens (including phenoxy) is 1. The fourth-order valence-corrected chi connectivity index (χ4v) is 3.17. The second kappa shape index (κ2) is 10.4. The van der Waals surface area contributed by atoms with Crippen molar-refractivity contribution in [1.29, 1.82) is 0 Å². The largest absolute Gasteiger partial charge is 0.373 e. The molecule has 1 aromatic rings. The predicted molar refractivity (Wildman–Crippen MR) is 102 cm³/mol. The molecule has 0 bridgehead atoms. The molecule has 2 unspecified atom stereocenters. The molecule has 26 heavy (non-hydrogen) atoms. The van der Waals surface area contributed by atoms with Gasteiger partial charge < -0.3 is 20.7 Å². The summed E-state index contributed by atoms with van der Waals surface area (Å²) in [5.74, 6) is -0.256. The Hall–Kier alpha value is -1.83. The number of hydrogen-bond donors (Lipinski definition) is 3. The Balaban J connectivity index is 1.56. The smallest absolute Gasteiger partial charge is 0.314 e. The number of morpholine rings is 1. The van der Waals surface area contributed by atoms with Crippen LogP contribution in [0.4, 0.5) is 4.79 Å². The van der Waals surface area contributed by atoms with E-state index in [9.17, 15) is 9.59 Å². The maximum absolute atomic E-state index is 12.0. The average Bonchev–Trinajstić information content (AvgIpc) is 2.58. The zero-order valence-electron chi connectivity index (χ0n) is 15.3. The van der Waals surface area contributed by atoms with E-state index in [-0.39, 0.29) is 24.1 Å². The average molecular weight is 383 g/mol. The topological polar surface area (TPSA) is 82.7 Å². The molecule has 1 heterocycles. The van der Waals surface area contributed by atoms with Crippen molar-refractivity contribution in [3.05, 3.63) is 34.9 Å². The first-order valence-corrected chi connectivity index (χ1v) is 9.25. The van der Waals surface area contributed by atoms with Gasteiger partial charge in [0.1, 0.15) is 0 Å². The van der Waals surface area contributed by atoms with Gasteiger partial charge in [0.15, 0.2) is 0 Å². The van der Waals surface area contributed by atoms with Gasteiger partial charge in [0.25, 0.3) is 5.91 Å². The number of nitrogens with one attached hydrogen (secondary N) is 3. The Morgan fingerprint density at radius 2 is 1.69 bits per heavy atom. The number of carbonyl (C=O) groups excluding carboxylic acids is 2. The van der Waals surface area contributed by atoms with Crippen LogP contribution in [0.1, 0.15) is 24.2 Å². The molecule has 1 saturated heterocycles. The monoisotopic (exact) mass is 382 g/mol. The number of nitrogens with zero attached hydrogens (tertiary/aromatic N) is 1. The normalized spacial score (nSPS) is 20.4. The lowest BCUT2D eigenvalue weighted by Crippen LogP contribution is -2.49. The molecule has 8 heteroatoms. The van der Waals surface area contributed by atoms with Crippen LogP contribution in [0.25, 0.3) is 0 Å². The third kappa shape index (κ3) is 6.82. The van der Waals surface area contributed by atoms with Crippen LogP contribution in [0.2, 0.25) is 5.02 Å². The van der Waals surface area contributed by atoms with Gasteiger partial charge in [-0.05, 0) is 26.0 Å². The second-order valence-electron chi connectivity index (χ2n) is 6.44. The van der Waals surface area contributed by atoms with Gasteiger partial charge in [0.05, 0.1) is 22.8 Å². The fraction of sp³-hybridized carbons (Fsp3) is 0.556. The minimum absolute atomic E-state index is 0.217. The van der Waals surface area contributed by atoms with Crippen LogP contribution in [-0.4, -0.2) is 68.3 Å². The number of carbonyl (C=O) groups is 2. The van der Waals surface area contributed by atoms with Gasteiger partial charge in [-0.1, -0.05) is 23.7 Å². The van der Waals surface area contributed by atoms with Crippen LogP contribution in [0, 0.1) is 0 Å². The lowest BCUT2D eigenvalue weighted by molar-refractivity contribution is -0.0672. The van der Waals surface area contributed by atoms with E-state index in [1.54, 1.807) is 24.3 Å². The Labute approximate surface area is 159 Å². The van der Waals surface area contributed by atoms with E-state index in [1.165, 1.54) is 0 Å². The molecule has 0 saturated carbocycles. The van der Waals surface area contributed by atoms with Crippen LogP contribution >= 0.6 is 11.6 Å². The van der Waals surface area contributed by atoms with E-state index in [0.29, 0.717) is 30.2 Å². The second-order valence-corrected chi connectivity index (χ2v) is 6.84. The van der Waals surface area contributed by atoms with Crippen molar-refractivity contribution in [3.63, 3.8) is 0 Å². The van der Waals surface area contributed by atoms with E-state index >= 15 is 0 Å². The summed E-state index contributed by atoms with van der Waals surface area (Å²) in [7, 11) is 0. The van der Waals surface area contributed by atoms with Crippen molar-refractivity contribution in [1.82, 2.24) is 20.9 Å². The molecule has 2 atom stereocenters. The Morgan fingerprint density at radius 1 is 1.08 bits per heavy atom. The highest BCUT2D eigenvalue weighted by Crippen LogP contribution is 2.14. The summed E-state index contributed by atoms with van der Waals surface area (Å²) >= 11 is 5.97. The van der Waals surface area contributed by atoms with E-state index in [4.69, 9.17) is 16.3 Å². The number of rotatable bonds is 7. The standard InChI is InChI=1S/C18H27ClN4O3/c1-13-11-23(12-14(2)26-13)10-9-22-18(25)21-8-7-20-17(24)15-5-3-4-6-16(15)19/h3-6,13-14H,7-12H2,1-2H3,(H,20,24)(H2,21,22,25). The molecule has 7 nitrogen and oxygen atoms in total. The van der Waals surface area contributed by atoms with Crippen LogP contribution in [-0.2, 0) is 4.74 Å². The molecule has 0 aliphatic carbocycles. The lowest BCUT2D eigenvalue weighted by atomic mass is 10.2. The van der Waals surface area contributed by atoms with Gasteiger partial charge >= 0.3 is 6.03 Å². The minimum Gasteiger partial charge on any atom is -0.373 e. The molecule has 3 N–H and O–H groups in total. The van der Waals surface area contributed by atoms with E-state index in [2.05, 4.69) is 34.7 Å². The molecule has 2 rings (SSSR count). The van der Waals surface area contributed by atoms with E-state index in [0.717, 1.165) is 19.6 Å². The summed E-state index contributed by atoms with van der Waals surface area (Å²) in [5, 5.41) is 8.67. The van der Waals surface area contributed by atoms with Crippen molar-refractivity contribution in [3.8, 4) is 0 Å². The number of urea groups is 1. The first kappa shape index (κ1) is 20.5. The van der Waals surface area contributed by atoms with Gasteiger partial charge in [-0.15, -0.1) is 0 Å². The van der Waals surface area contributed by atoms with E-state index in [1.807, 2.05) is 0 Å². The van der Waals surface area contributed by atoms with Crippen molar-refractivity contribution in [2.75, 3.05) is 39.3 Å². The van der Waals surface area contributed by atoms with Gasteiger partial charge in [-0.2, -0.15) is 0 Å². The zero-order chi connectivity index (χ0) is 18.9. The Bertz CT molecular complexity index is 604. The Morgan fingerprint density at radius 3 is 2.38 bits per heavy atom. The summed E-state index contributed by atoms with van der Waals surface area (Å²) in [6.45, 7) is 7.89. The molecular weight excluding hydrogens is 356 g/mol. The van der Waals surface area contributed by atoms with E-state index < -0.39 is 0 Å². The summed E-state index contributed by atoms with van der Waals surface area (Å²) < 4.78 is 5.68. The number of hydrogen-bond acceptors (Lipinski definition) is 4. The first-order valence-electron chi connectivity index (χ1n) is 8.88. The molecule has 1 aliphatic heterocycles. The van der Waals surface area contributed by atoms with Crippen LogP contribution in [0.5, 0.6) is 0 Å². The fourth-order valence-electron chi connectivity index (χ4n) is 2.95. The first-order chi connectivity index (χ1) is 12.5. The highest BCUT2D eigenvalue weighted by Gasteiger charge is 2.21. The summed E-state index contributed by atoms with van der Waals surface area (Å²) in [6.07, 6.45) is 0.434. The SMILES string of the molecule is CC1CN(CCNC(=O)NCCNC(=O)c2ccccc2Cl)CC(C)O1. The molecule has 1 fully saturated rings. The quantitative estimate of drug-likeness (QED) is 0.624. The van der Waals surface area contributed by atoms with Gasteiger partial charge in [0.2, 0.25) is 0 Å². The third-order valence-corrected chi connectivity index (χ3v) is 4.35. The molecule has 0 aromatic heterocycles. The summed E-state index contributed by atoms with van der Waals surface area (Å²) in [4.78, 5) is 26.0. The van der Waals surface area contributed by atoms with Crippen molar-refractivity contribution < 1.29 is 14.3 Å². The molecule has 0 radical (unpaired) electrons. The minimum atomic E-state index is -0.256. The number of halogens is 1. The molecule has 144 valence electrons. The molecule has 3 amide bonds. The van der Waals surface area contributed by atoms with Crippen molar-refractivity contribution in [2.24, 2.45) is 0 Å². The molecule has 1 aliphatic rings. The Kier molecular flexibility index (Phi) is 8.15. The zero-order valence-corrected chi connectivity index (χ0v) is 16.0. The highest BCUT2D eigenvalue weighted by atomic mass is 35.5. The van der Waals surface area contributed by atoms with Gasteiger partial charge in [-0.25, -0.2) is 4.79 Å². The van der Waals surface area contributed by atoms with Gasteiger partial charge in [0, 0.05) is 39.3 Å². The maximum atomic E-state index is 12.0. The molecule has 1 aromatic carbocycles. The number of amides is 3. The summed E-state index contributed by atoms with van der Waals surface area (Å²) in [6, 6.07) is 6.60. The van der Waals surface area contributed by atoms with Crippen molar-refractivity contribution in [2.45, 2.75) is 26.1 Å². The van der Waals surface area contributed by atoms with Crippen LogP contribution < -0.4 is 16.0 Å². The van der Waals surface area contributed by atoms with Crippen molar-refractivity contribution >= 4 is 23.5 Å². The van der Waals surface area contributed by atoms with Gasteiger partial charge in [-0.3, -0.25) is 9.69 Å². The lowest BCUT2D eigenvalue weighted by Gasteiger charge is -2.35. The predicted octanol–water partition coefficient (Wildman–Crippen LogP) is 1.48. The third-order valence-electron chi connectivity index (χ3n) is 4.02. The molecular formula is C18H27ClN4O3. The van der Waals surface area contributed by atoms with Crippen LogP contribution in [0.3, 0.4) is 0 Å². The highest BCUT2D eigenvalue weighted by molar-refractivity contribution is 6.33.